The van der Waals surface area contributed by atoms with Crippen LogP contribution in [0.25, 0.3) is 0 Å². The van der Waals surface area contributed by atoms with Gasteiger partial charge in [-0.05, 0) is 61.4 Å². The average molecular weight is 482 g/mol. The molecule has 1 heterocycles. The predicted octanol–water partition coefficient (Wildman–Crippen LogP) is 4.21. The molecule has 8 nitrogen and oxygen atoms in total. The number of hydrogen-bond donors (Lipinski definition) is 0. The lowest BCUT2D eigenvalue weighted by atomic mass is 10.1. The summed E-state index contributed by atoms with van der Waals surface area (Å²) in [6, 6.07) is 20.4. The van der Waals surface area contributed by atoms with Gasteiger partial charge >= 0.3 is 5.97 Å². The molecule has 8 heteroatoms. The van der Waals surface area contributed by atoms with Crippen LogP contribution in [0.3, 0.4) is 0 Å². The van der Waals surface area contributed by atoms with Gasteiger partial charge in [-0.15, -0.1) is 0 Å². The van der Waals surface area contributed by atoms with Gasteiger partial charge in [0.2, 0.25) is 0 Å². The molecule has 3 amide bonds. The van der Waals surface area contributed by atoms with E-state index in [4.69, 9.17) is 10.00 Å². The molecule has 0 spiro atoms. The minimum Gasteiger partial charge on any atom is -0.452 e. The van der Waals surface area contributed by atoms with E-state index in [1.54, 1.807) is 36.4 Å². The van der Waals surface area contributed by atoms with E-state index in [2.05, 4.69) is 0 Å². The molecule has 180 valence electrons. The average Bonchev–Trinajstić information content (AvgIpc) is 3.14. The number of imide groups is 1. The second kappa shape index (κ2) is 10.2. The maximum Gasteiger partial charge on any atom is 0.338 e. The molecule has 4 rings (SSSR count). The minimum atomic E-state index is -0.801. The second-order valence-corrected chi connectivity index (χ2v) is 8.36. The fourth-order valence-electron chi connectivity index (χ4n) is 4.00. The predicted molar refractivity (Wildman–Crippen MR) is 133 cm³/mol. The molecule has 0 saturated heterocycles. The summed E-state index contributed by atoms with van der Waals surface area (Å²) >= 11 is 0. The number of ether oxygens (including phenoxy) is 1. The number of fused-ring (bicyclic) bond motifs is 1. The summed E-state index contributed by atoms with van der Waals surface area (Å²) in [4.78, 5) is 54.1. The first kappa shape index (κ1) is 24.4. The van der Waals surface area contributed by atoms with E-state index in [-0.39, 0.29) is 29.7 Å². The first-order valence-corrected chi connectivity index (χ1v) is 11.3. The van der Waals surface area contributed by atoms with Crippen LogP contribution in [-0.2, 0) is 9.53 Å². The quantitative estimate of drug-likeness (QED) is 0.370. The lowest BCUT2D eigenvalue weighted by molar-refractivity contribution is -0.121. The van der Waals surface area contributed by atoms with E-state index in [1.165, 1.54) is 23.1 Å². The summed E-state index contributed by atoms with van der Waals surface area (Å²) in [5, 5.41) is 8.92. The van der Waals surface area contributed by atoms with Crippen LogP contribution in [0.5, 0.6) is 0 Å². The van der Waals surface area contributed by atoms with Crippen molar-refractivity contribution in [2.75, 3.05) is 23.0 Å². The third-order valence-electron chi connectivity index (χ3n) is 5.87. The lowest BCUT2D eigenvalue weighted by Gasteiger charge is -2.21. The number of rotatable bonds is 7. The number of benzene rings is 3. The maximum absolute atomic E-state index is 13.1. The zero-order chi connectivity index (χ0) is 25.8. The number of carbonyl (C=O) groups is 4. The van der Waals surface area contributed by atoms with Crippen molar-refractivity contribution in [3.63, 3.8) is 0 Å². The second-order valence-electron chi connectivity index (χ2n) is 8.36. The zero-order valence-corrected chi connectivity index (χ0v) is 19.9. The Morgan fingerprint density at radius 3 is 2.39 bits per heavy atom. The smallest absolute Gasteiger partial charge is 0.338 e. The van der Waals surface area contributed by atoms with Gasteiger partial charge < -0.3 is 9.64 Å². The van der Waals surface area contributed by atoms with Gasteiger partial charge in [-0.25, -0.2) is 9.69 Å². The van der Waals surface area contributed by atoms with E-state index < -0.39 is 30.3 Å². The molecule has 3 aromatic carbocycles. The van der Waals surface area contributed by atoms with Gasteiger partial charge in [0.1, 0.15) is 0 Å². The number of esters is 1. The van der Waals surface area contributed by atoms with Gasteiger partial charge in [0.25, 0.3) is 17.7 Å². The number of hydrogen-bond acceptors (Lipinski definition) is 6. The van der Waals surface area contributed by atoms with Crippen LogP contribution >= 0.6 is 0 Å². The highest BCUT2D eigenvalue weighted by molar-refractivity contribution is 6.35. The highest BCUT2D eigenvalue weighted by Gasteiger charge is 2.38. The van der Waals surface area contributed by atoms with Crippen molar-refractivity contribution in [1.82, 2.24) is 0 Å². The van der Waals surface area contributed by atoms with Crippen molar-refractivity contribution in [2.45, 2.75) is 20.3 Å². The third-order valence-corrected chi connectivity index (χ3v) is 5.87. The van der Waals surface area contributed by atoms with Crippen molar-refractivity contribution in [3.05, 3.63) is 94.5 Å². The number of amides is 3. The Morgan fingerprint density at radius 1 is 0.944 bits per heavy atom. The number of anilines is 2. The van der Waals surface area contributed by atoms with Crippen LogP contribution in [0.1, 0.15) is 48.6 Å². The first-order valence-electron chi connectivity index (χ1n) is 11.3. The van der Waals surface area contributed by atoms with E-state index >= 15 is 0 Å². The van der Waals surface area contributed by atoms with Crippen LogP contribution in [0, 0.1) is 25.2 Å². The summed E-state index contributed by atoms with van der Waals surface area (Å²) in [6.45, 7) is 3.29. The number of para-hydroxylation sites is 1. The summed E-state index contributed by atoms with van der Waals surface area (Å²) in [6.07, 6.45) is 0.118. The van der Waals surface area contributed by atoms with E-state index in [0.717, 1.165) is 16.0 Å². The Bertz CT molecular complexity index is 1410. The van der Waals surface area contributed by atoms with Crippen LogP contribution in [-0.4, -0.2) is 36.8 Å². The topological polar surface area (TPSA) is 108 Å². The van der Waals surface area contributed by atoms with E-state index in [0.29, 0.717) is 11.4 Å². The Labute approximate surface area is 208 Å². The molecule has 0 N–H and O–H groups in total. The van der Waals surface area contributed by atoms with Gasteiger partial charge in [-0.2, -0.15) is 5.26 Å². The molecule has 3 aromatic rings. The molecule has 1 aliphatic rings. The molecule has 0 radical (unpaired) electrons. The van der Waals surface area contributed by atoms with Crippen molar-refractivity contribution in [2.24, 2.45) is 0 Å². The van der Waals surface area contributed by atoms with Crippen LogP contribution < -0.4 is 9.80 Å². The van der Waals surface area contributed by atoms with Crippen LogP contribution in [0.2, 0.25) is 0 Å². The maximum atomic E-state index is 13.1. The molecule has 0 fully saturated rings. The molecular formula is C28H23N3O5. The minimum absolute atomic E-state index is 0.0498. The van der Waals surface area contributed by atoms with Crippen molar-refractivity contribution < 1.29 is 23.9 Å². The third kappa shape index (κ3) is 4.72. The van der Waals surface area contributed by atoms with Gasteiger partial charge in [0.15, 0.2) is 6.61 Å². The molecule has 0 aliphatic carbocycles. The Balaban J connectivity index is 1.50. The molecule has 0 bridgehead atoms. The standard InChI is InChI=1S/C28H23N3O5/c1-18-9-10-19(2)24(15-18)31-26(33)22-12-11-20(16-23(22)27(31)34)28(35)36-17-25(32)30(14-6-13-29)21-7-4-3-5-8-21/h3-5,7-12,15-16H,6,14,17H2,1-2H3. The first-order chi connectivity index (χ1) is 17.3. The molecule has 0 unspecified atom stereocenters. The summed E-state index contributed by atoms with van der Waals surface area (Å²) in [7, 11) is 0. The highest BCUT2D eigenvalue weighted by atomic mass is 16.5. The number of aryl methyl sites for hydroxylation is 2. The van der Waals surface area contributed by atoms with Gasteiger partial charge in [-0.3, -0.25) is 14.4 Å². The number of nitrogens with zero attached hydrogens (tertiary/aromatic N) is 3. The van der Waals surface area contributed by atoms with Crippen LogP contribution in [0.4, 0.5) is 11.4 Å². The van der Waals surface area contributed by atoms with Crippen molar-refractivity contribution in [1.29, 1.82) is 5.26 Å². The lowest BCUT2D eigenvalue weighted by Crippen LogP contribution is -2.35. The van der Waals surface area contributed by atoms with Crippen molar-refractivity contribution >= 4 is 35.1 Å². The van der Waals surface area contributed by atoms with Crippen LogP contribution in [0.15, 0.2) is 66.7 Å². The summed E-state index contributed by atoms with van der Waals surface area (Å²) in [5.74, 6) is -2.28. The number of carbonyl (C=O) groups excluding carboxylic acids is 4. The van der Waals surface area contributed by atoms with E-state index in [1.807, 2.05) is 32.0 Å². The molecular weight excluding hydrogens is 458 g/mol. The molecule has 0 aromatic heterocycles. The molecule has 0 saturated carbocycles. The van der Waals surface area contributed by atoms with Crippen molar-refractivity contribution in [3.8, 4) is 6.07 Å². The Hall–Kier alpha value is -4.77. The SMILES string of the molecule is Cc1ccc(C)c(N2C(=O)c3ccc(C(=O)OCC(=O)N(CCC#N)c4ccccc4)cc3C2=O)c1. The molecule has 1 aliphatic heterocycles. The summed E-state index contributed by atoms with van der Waals surface area (Å²) in [5.41, 5.74) is 3.10. The number of nitriles is 1. The monoisotopic (exact) mass is 481 g/mol. The Morgan fingerprint density at radius 2 is 1.67 bits per heavy atom. The molecule has 0 atom stereocenters. The zero-order valence-electron chi connectivity index (χ0n) is 19.9. The van der Waals surface area contributed by atoms with Gasteiger partial charge in [0, 0.05) is 12.2 Å². The fraction of sp³-hybridized carbons (Fsp3) is 0.179. The van der Waals surface area contributed by atoms with Gasteiger partial charge in [-0.1, -0.05) is 30.3 Å². The summed E-state index contributed by atoms with van der Waals surface area (Å²) < 4.78 is 5.22. The fourth-order valence-corrected chi connectivity index (χ4v) is 4.00. The van der Waals surface area contributed by atoms with Gasteiger partial charge in [0.05, 0.1) is 34.9 Å². The normalized spacial score (nSPS) is 12.2. The van der Waals surface area contributed by atoms with E-state index in [9.17, 15) is 19.2 Å². The highest BCUT2D eigenvalue weighted by Crippen LogP contribution is 2.32. The Kier molecular flexibility index (Phi) is 6.93. The largest absolute Gasteiger partial charge is 0.452 e. The molecule has 36 heavy (non-hydrogen) atoms.